The fraction of sp³-hybridized carbons (Fsp3) is 0.368. The lowest BCUT2D eigenvalue weighted by atomic mass is 10.1. The molecule has 3 aromatic heterocycles. The predicted molar refractivity (Wildman–Crippen MR) is 97.7 cm³/mol. The lowest BCUT2D eigenvalue weighted by molar-refractivity contribution is 0.272. The molecule has 0 atom stereocenters. The average Bonchev–Trinajstić information content (AvgIpc) is 3.00. The second-order valence-electron chi connectivity index (χ2n) is 7.14. The van der Waals surface area contributed by atoms with Gasteiger partial charge in [0, 0.05) is 18.9 Å². The van der Waals surface area contributed by atoms with Crippen molar-refractivity contribution in [2.75, 3.05) is 7.05 Å². The van der Waals surface area contributed by atoms with E-state index in [2.05, 4.69) is 42.7 Å². The van der Waals surface area contributed by atoms with Crippen LogP contribution >= 0.6 is 0 Å². The summed E-state index contributed by atoms with van der Waals surface area (Å²) >= 11 is 0. The van der Waals surface area contributed by atoms with Crippen LogP contribution in [0.3, 0.4) is 0 Å². The summed E-state index contributed by atoms with van der Waals surface area (Å²) in [6.07, 6.45) is 3.58. The van der Waals surface area contributed by atoms with E-state index in [1.807, 2.05) is 47.3 Å². The molecular weight excluding hydrogens is 312 g/mol. The number of hydrogen-bond donors (Lipinski definition) is 0. The number of pyridine rings is 2. The van der Waals surface area contributed by atoms with Crippen LogP contribution in [0, 0.1) is 0 Å². The standard InChI is InChI=1S/C19H24N6/c1-19(2,3)25-17(14-24(4)13-15-9-5-7-11-20-15)22-18(23-25)16-10-6-8-12-21-16/h5-12H,13-14H2,1-4H3. The Balaban J connectivity index is 1.85. The van der Waals surface area contributed by atoms with E-state index in [-0.39, 0.29) is 5.54 Å². The molecule has 3 rings (SSSR count). The third kappa shape index (κ3) is 4.28. The zero-order valence-corrected chi connectivity index (χ0v) is 15.2. The molecule has 25 heavy (non-hydrogen) atoms. The Labute approximate surface area is 148 Å². The number of nitrogens with zero attached hydrogens (tertiary/aromatic N) is 6. The van der Waals surface area contributed by atoms with Crippen molar-refractivity contribution in [2.24, 2.45) is 0 Å². The van der Waals surface area contributed by atoms with E-state index in [4.69, 9.17) is 10.1 Å². The van der Waals surface area contributed by atoms with Gasteiger partial charge in [0.2, 0.25) is 0 Å². The van der Waals surface area contributed by atoms with E-state index in [1.54, 1.807) is 6.20 Å². The first-order valence-corrected chi connectivity index (χ1v) is 8.40. The molecule has 0 aliphatic rings. The second-order valence-corrected chi connectivity index (χ2v) is 7.14. The lowest BCUT2D eigenvalue weighted by Gasteiger charge is -2.23. The van der Waals surface area contributed by atoms with Crippen molar-refractivity contribution >= 4 is 0 Å². The van der Waals surface area contributed by atoms with Crippen molar-refractivity contribution in [1.29, 1.82) is 0 Å². The van der Waals surface area contributed by atoms with E-state index < -0.39 is 0 Å². The molecule has 0 spiro atoms. The van der Waals surface area contributed by atoms with Crippen molar-refractivity contribution in [2.45, 2.75) is 39.4 Å². The lowest BCUT2D eigenvalue weighted by Crippen LogP contribution is -2.29. The molecule has 0 aromatic carbocycles. The van der Waals surface area contributed by atoms with Crippen molar-refractivity contribution in [1.82, 2.24) is 29.6 Å². The highest BCUT2D eigenvalue weighted by molar-refractivity contribution is 5.47. The molecule has 0 unspecified atom stereocenters. The third-order valence-electron chi connectivity index (χ3n) is 3.77. The minimum absolute atomic E-state index is 0.152. The summed E-state index contributed by atoms with van der Waals surface area (Å²) in [6, 6.07) is 11.7. The summed E-state index contributed by atoms with van der Waals surface area (Å²) in [5, 5.41) is 4.71. The Hall–Kier alpha value is -2.60. The smallest absolute Gasteiger partial charge is 0.200 e. The van der Waals surface area contributed by atoms with Crippen LogP contribution in [0.25, 0.3) is 11.5 Å². The molecule has 0 aliphatic carbocycles. The largest absolute Gasteiger partial charge is 0.293 e. The highest BCUT2D eigenvalue weighted by atomic mass is 15.4. The minimum atomic E-state index is -0.152. The Kier molecular flexibility index (Phi) is 4.90. The molecule has 3 aromatic rings. The SMILES string of the molecule is CN(Cc1ccccn1)Cc1nc(-c2ccccn2)nn1C(C)(C)C. The van der Waals surface area contributed by atoms with E-state index in [0.29, 0.717) is 12.4 Å². The van der Waals surface area contributed by atoms with Gasteiger partial charge >= 0.3 is 0 Å². The molecule has 0 bridgehead atoms. The minimum Gasteiger partial charge on any atom is -0.293 e. The van der Waals surface area contributed by atoms with Crippen molar-refractivity contribution in [3.05, 3.63) is 60.3 Å². The number of hydrogen-bond acceptors (Lipinski definition) is 5. The van der Waals surface area contributed by atoms with E-state index in [0.717, 1.165) is 23.8 Å². The first-order valence-electron chi connectivity index (χ1n) is 8.40. The first-order chi connectivity index (χ1) is 11.9. The maximum Gasteiger partial charge on any atom is 0.200 e. The maximum absolute atomic E-state index is 4.76. The Bertz CT molecular complexity index is 805. The summed E-state index contributed by atoms with van der Waals surface area (Å²) in [5.74, 6) is 1.59. The van der Waals surface area contributed by atoms with Gasteiger partial charge in [0.15, 0.2) is 5.82 Å². The van der Waals surface area contributed by atoms with Crippen LogP contribution in [0.15, 0.2) is 48.8 Å². The van der Waals surface area contributed by atoms with Crippen molar-refractivity contribution in [3.8, 4) is 11.5 Å². The molecule has 130 valence electrons. The monoisotopic (exact) mass is 336 g/mol. The number of rotatable bonds is 5. The van der Waals surface area contributed by atoms with Gasteiger partial charge in [-0.25, -0.2) is 9.67 Å². The third-order valence-corrected chi connectivity index (χ3v) is 3.77. The van der Waals surface area contributed by atoms with E-state index in [1.165, 1.54) is 0 Å². The van der Waals surface area contributed by atoms with Gasteiger partial charge in [0.25, 0.3) is 0 Å². The quantitative estimate of drug-likeness (QED) is 0.716. The van der Waals surface area contributed by atoms with Crippen LogP contribution in [-0.4, -0.2) is 36.7 Å². The molecular formula is C19H24N6. The topological polar surface area (TPSA) is 59.7 Å². The summed E-state index contributed by atoms with van der Waals surface area (Å²) in [5.41, 5.74) is 1.68. The van der Waals surface area contributed by atoms with Crippen LogP contribution in [0.5, 0.6) is 0 Å². The average molecular weight is 336 g/mol. The summed E-state index contributed by atoms with van der Waals surface area (Å²) in [4.78, 5) is 15.7. The predicted octanol–water partition coefficient (Wildman–Crippen LogP) is 3.12. The summed E-state index contributed by atoms with van der Waals surface area (Å²) in [7, 11) is 2.07. The first kappa shape index (κ1) is 17.2. The van der Waals surface area contributed by atoms with Crippen LogP contribution in [0.1, 0.15) is 32.3 Å². The van der Waals surface area contributed by atoms with Gasteiger partial charge in [-0.3, -0.25) is 14.9 Å². The summed E-state index contributed by atoms with van der Waals surface area (Å²) in [6.45, 7) is 7.84. The van der Waals surface area contributed by atoms with Gasteiger partial charge in [-0.1, -0.05) is 12.1 Å². The molecule has 0 saturated carbocycles. The second kappa shape index (κ2) is 7.11. The molecule has 6 nitrogen and oxygen atoms in total. The van der Waals surface area contributed by atoms with Gasteiger partial charge in [0.05, 0.1) is 17.8 Å². The van der Waals surface area contributed by atoms with E-state index >= 15 is 0 Å². The molecule has 0 radical (unpaired) electrons. The fourth-order valence-electron chi connectivity index (χ4n) is 2.65. The molecule has 0 N–H and O–H groups in total. The molecule has 3 heterocycles. The van der Waals surface area contributed by atoms with Crippen LogP contribution in [0.4, 0.5) is 0 Å². The zero-order chi connectivity index (χ0) is 17.9. The van der Waals surface area contributed by atoms with Gasteiger partial charge < -0.3 is 0 Å². The van der Waals surface area contributed by atoms with Crippen molar-refractivity contribution < 1.29 is 0 Å². The van der Waals surface area contributed by atoms with Gasteiger partial charge in [-0.05, 0) is 52.1 Å². The van der Waals surface area contributed by atoms with Crippen molar-refractivity contribution in [3.63, 3.8) is 0 Å². The Morgan fingerprint density at radius 1 is 0.960 bits per heavy atom. The Morgan fingerprint density at radius 3 is 2.28 bits per heavy atom. The Morgan fingerprint density at radius 2 is 1.68 bits per heavy atom. The highest BCUT2D eigenvalue weighted by Crippen LogP contribution is 2.20. The summed E-state index contributed by atoms with van der Waals surface area (Å²) < 4.78 is 1.99. The highest BCUT2D eigenvalue weighted by Gasteiger charge is 2.22. The molecule has 0 amide bonds. The number of aromatic nitrogens is 5. The van der Waals surface area contributed by atoms with E-state index in [9.17, 15) is 0 Å². The molecule has 6 heteroatoms. The molecule has 0 saturated heterocycles. The van der Waals surface area contributed by atoms with Crippen LogP contribution in [0.2, 0.25) is 0 Å². The van der Waals surface area contributed by atoms with Gasteiger partial charge in [-0.2, -0.15) is 0 Å². The molecule has 0 aliphatic heterocycles. The zero-order valence-electron chi connectivity index (χ0n) is 15.2. The van der Waals surface area contributed by atoms with Gasteiger partial charge in [0.1, 0.15) is 11.5 Å². The fourth-order valence-corrected chi connectivity index (χ4v) is 2.65. The molecule has 0 fully saturated rings. The maximum atomic E-state index is 4.76. The van der Waals surface area contributed by atoms with Gasteiger partial charge in [-0.15, -0.1) is 5.10 Å². The van der Waals surface area contributed by atoms with Crippen LogP contribution in [-0.2, 0) is 18.6 Å². The van der Waals surface area contributed by atoms with Crippen LogP contribution < -0.4 is 0 Å². The normalized spacial score (nSPS) is 11.9.